The molecule has 1 aliphatic rings. The third-order valence-corrected chi connectivity index (χ3v) is 3.78. The van der Waals surface area contributed by atoms with Gasteiger partial charge in [-0.1, -0.05) is 0 Å². The maximum atomic E-state index is 5.74. The van der Waals surface area contributed by atoms with Crippen molar-refractivity contribution in [2.24, 2.45) is 4.99 Å². The van der Waals surface area contributed by atoms with Crippen LogP contribution in [0.2, 0.25) is 0 Å². The molecule has 3 rings (SSSR count). The molecule has 2 heterocycles. The molecule has 1 aromatic carbocycles. The lowest BCUT2D eigenvalue weighted by molar-refractivity contribution is 0.297. The summed E-state index contributed by atoms with van der Waals surface area (Å²) < 4.78 is 16.6. The van der Waals surface area contributed by atoms with E-state index in [9.17, 15) is 0 Å². The second kappa shape index (κ2) is 10.8. The first-order valence-electron chi connectivity index (χ1n) is 8.72. The van der Waals surface area contributed by atoms with Gasteiger partial charge in [-0.25, -0.2) is 9.98 Å². The molecule has 27 heavy (non-hydrogen) atoms. The Kier molecular flexibility index (Phi) is 8.43. The van der Waals surface area contributed by atoms with Gasteiger partial charge in [0.05, 0.1) is 26.9 Å². The molecule has 8 heteroatoms. The van der Waals surface area contributed by atoms with Crippen molar-refractivity contribution in [3.05, 3.63) is 42.1 Å². The highest BCUT2D eigenvalue weighted by molar-refractivity contribution is 14.0. The minimum absolute atomic E-state index is 0. The van der Waals surface area contributed by atoms with E-state index in [-0.39, 0.29) is 24.0 Å². The van der Waals surface area contributed by atoms with Gasteiger partial charge in [0.15, 0.2) is 17.5 Å². The smallest absolute Gasteiger partial charge is 0.213 e. The van der Waals surface area contributed by atoms with Crippen LogP contribution in [-0.2, 0) is 6.54 Å². The summed E-state index contributed by atoms with van der Waals surface area (Å²) in [5.74, 6) is 2.80. The molecule has 0 aliphatic carbocycles. The number of methoxy groups -OCH3 is 1. The van der Waals surface area contributed by atoms with Crippen molar-refractivity contribution in [3.63, 3.8) is 0 Å². The zero-order valence-corrected chi connectivity index (χ0v) is 17.9. The van der Waals surface area contributed by atoms with Crippen molar-refractivity contribution < 1.29 is 14.2 Å². The van der Waals surface area contributed by atoms with Crippen LogP contribution in [0.25, 0.3) is 0 Å². The van der Waals surface area contributed by atoms with Crippen LogP contribution in [0.4, 0.5) is 5.69 Å². The molecule has 1 aromatic heterocycles. The average molecular weight is 484 g/mol. The van der Waals surface area contributed by atoms with Gasteiger partial charge in [-0.05, 0) is 30.7 Å². The van der Waals surface area contributed by atoms with E-state index in [2.05, 4.69) is 20.6 Å². The summed E-state index contributed by atoms with van der Waals surface area (Å²) >= 11 is 0. The Morgan fingerprint density at radius 2 is 2.00 bits per heavy atom. The number of rotatable bonds is 5. The zero-order chi connectivity index (χ0) is 18.2. The van der Waals surface area contributed by atoms with Crippen molar-refractivity contribution in [2.45, 2.75) is 19.9 Å². The number of aliphatic imine (C=N–C) groups is 1. The standard InChI is InChI=1S/C19H24N4O3.HI/c1-3-20-19(22-13-14-7-8-21-18(11-14)24-2)23-15-5-6-16-17(12-15)26-10-4-9-25-16;/h5-8,11-12H,3-4,9-10,13H2,1-2H3,(H2,20,22,23);1H. The number of nitrogens with one attached hydrogen (secondary N) is 2. The Morgan fingerprint density at radius 3 is 2.78 bits per heavy atom. The molecule has 0 spiro atoms. The molecule has 0 bridgehead atoms. The highest BCUT2D eigenvalue weighted by Crippen LogP contribution is 2.32. The maximum absolute atomic E-state index is 5.74. The topological polar surface area (TPSA) is 77.0 Å². The Morgan fingerprint density at radius 1 is 1.19 bits per heavy atom. The number of halogens is 1. The van der Waals surface area contributed by atoms with Gasteiger partial charge in [-0.15, -0.1) is 24.0 Å². The monoisotopic (exact) mass is 484 g/mol. The minimum Gasteiger partial charge on any atom is -0.490 e. The minimum atomic E-state index is 0. The number of benzene rings is 1. The number of ether oxygens (including phenoxy) is 3. The fourth-order valence-electron chi connectivity index (χ4n) is 2.52. The van der Waals surface area contributed by atoms with Gasteiger partial charge in [0.25, 0.3) is 0 Å². The van der Waals surface area contributed by atoms with Crippen LogP contribution < -0.4 is 24.8 Å². The number of fused-ring (bicyclic) bond motifs is 1. The van der Waals surface area contributed by atoms with E-state index < -0.39 is 0 Å². The van der Waals surface area contributed by atoms with Crippen molar-refractivity contribution in [3.8, 4) is 17.4 Å². The molecule has 0 fully saturated rings. The molecule has 2 aromatic rings. The molecule has 0 radical (unpaired) electrons. The molecule has 0 saturated heterocycles. The van der Waals surface area contributed by atoms with Crippen LogP contribution in [0.1, 0.15) is 18.9 Å². The summed E-state index contributed by atoms with van der Waals surface area (Å²) in [5.41, 5.74) is 1.91. The Balaban J connectivity index is 0.00000261. The maximum Gasteiger partial charge on any atom is 0.213 e. The van der Waals surface area contributed by atoms with Crippen LogP contribution in [-0.4, -0.2) is 37.8 Å². The van der Waals surface area contributed by atoms with Gasteiger partial charge in [0.2, 0.25) is 5.88 Å². The Bertz CT molecular complexity index is 770. The summed E-state index contributed by atoms with van der Waals surface area (Å²) in [6.07, 6.45) is 2.60. The molecular formula is C19H25IN4O3. The van der Waals surface area contributed by atoms with Crippen LogP contribution in [0.15, 0.2) is 41.5 Å². The number of guanidine groups is 1. The summed E-state index contributed by atoms with van der Waals surface area (Å²) in [6.45, 7) is 4.64. The fraction of sp³-hybridized carbons (Fsp3) is 0.368. The average Bonchev–Trinajstić information content (AvgIpc) is 2.91. The predicted molar refractivity (Wildman–Crippen MR) is 117 cm³/mol. The zero-order valence-electron chi connectivity index (χ0n) is 15.5. The largest absolute Gasteiger partial charge is 0.490 e. The van der Waals surface area contributed by atoms with Crippen molar-refractivity contribution in [1.82, 2.24) is 10.3 Å². The van der Waals surface area contributed by atoms with E-state index in [1.54, 1.807) is 13.3 Å². The van der Waals surface area contributed by atoms with Gasteiger partial charge in [-0.2, -0.15) is 0 Å². The number of anilines is 1. The highest BCUT2D eigenvalue weighted by Gasteiger charge is 2.11. The molecule has 2 N–H and O–H groups in total. The van der Waals surface area contributed by atoms with Crippen molar-refractivity contribution in [2.75, 3.05) is 32.2 Å². The van der Waals surface area contributed by atoms with Gasteiger partial charge in [0.1, 0.15) is 0 Å². The number of pyridine rings is 1. The van der Waals surface area contributed by atoms with E-state index in [4.69, 9.17) is 14.2 Å². The first kappa shape index (κ1) is 21.1. The van der Waals surface area contributed by atoms with Gasteiger partial charge < -0.3 is 24.8 Å². The van der Waals surface area contributed by atoms with Crippen LogP contribution in [0, 0.1) is 0 Å². The first-order chi connectivity index (χ1) is 12.8. The molecule has 146 valence electrons. The van der Waals surface area contributed by atoms with Crippen LogP contribution in [0.5, 0.6) is 17.4 Å². The Labute approximate surface area is 176 Å². The quantitative estimate of drug-likeness (QED) is 0.385. The SMILES string of the molecule is CCNC(=NCc1ccnc(OC)c1)Nc1ccc2c(c1)OCCCO2.I. The van der Waals surface area contributed by atoms with Crippen molar-refractivity contribution >= 4 is 35.6 Å². The van der Waals surface area contributed by atoms with E-state index in [0.717, 1.165) is 35.7 Å². The lowest BCUT2D eigenvalue weighted by atomic mass is 10.2. The molecule has 0 unspecified atom stereocenters. The predicted octanol–water partition coefficient (Wildman–Crippen LogP) is 3.45. The summed E-state index contributed by atoms with van der Waals surface area (Å²) in [6, 6.07) is 9.60. The molecule has 0 saturated carbocycles. The Hall–Kier alpha value is -2.23. The van der Waals surface area contributed by atoms with Crippen LogP contribution in [0.3, 0.4) is 0 Å². The number of hydrogen-bond acceptors (Lipinski definition) is 5. The lowest BCUT2D eigenvalue weighted by Gasteiger charge is -2.14. The third-order valence-electron chi connectivity index (χ3n) is 3.78. The second-order valence-electron chi connectivity index (χ2n) is 5.74. The van der Waals surface area contributed by atoms with Gasteiger partial charge >= 0.3 is 0 Å². The number of aromatic nitrogens is 1. The highest BCUT2D eigenvalue weighted by atomic mass is 127. The van der Waals surface area contributed by atoms with E-state index >= 15 is 0 Å². The van der Waals surface area contributed by atoms with E-state index in [1.165, 1.54) is 0 Å². The fourth-order valence-corrected chi connectivity index (χ4v) is 2.52. The molecule has 0 atom stereocenters. The normalized spacial score (nSPS) is 13.2. The summed E-state index contributed by atoms with van der Waals surface area (Å²) in [7, 11) is 1.60. The summed E-state index contributed by atoms with van der Waals surface area (Å²) in [4.78, 5) is 8.73. The van der Waals surface area contributed by atoms with Crippen LogP contribution >= 0.6 is 24.0 Å². The number of hydrogen-bond donors (Lipinski definition) is 2. The molecule has 0 amide bonds. The molecular weight excluding hydrogens is 459 g/mol. The first-order valence-corrected chi connectivity index (χ1v) is 8.72. The number of nitrogens with zero attached hydrogens (tertiary/aromatic N) is 2. The molecule has 7 nitrogen and oxygen atoms in total. The second-order valence-corrected chi connectivity index (χ2v) is 5.74. The van der Waals surface area contributed by atoms with E-state index in [0.29, 0.717) is 31.6 Å². The van der Waals surface area contributed by atoms with Gasteiger partial charge in [-0.3, -0.25) is 0 Å². The molecule has 1 aliphatic heterocycles. The lowest BCUT2D eigenvalue weighted by Crippen LogP contribution is -2.30. The third kappa shape index (κ3) is 6.16. The van der Waals surface area contributed by atoms with Crippen molar-refractivity contribution in [1.29, 1.82) is 0 Å². The van der Waals surface area contributed by atoms with Gasteiger partial charge in [0, 0.05) is 37.0 Å². The van der Waals surface area contributed by atoms with E-state index in [1.807, 2.05) is 37.3 Å². The summed E-state index contributed by atoms with van der Waals surface area (Å²) in [5, 5.41) is 6.55.